The van der Waals surface area contributed by atoms with Gasteiger partial charge in [0.2, 0.25) is 17.6 Å². The third-order valence-electron chi connectivity index (χ3n) is 5.55. The van der Waals surface area contributed by atoms with Crippen molar-refractivity contribution in [2.45, 2.75) is 51.0 Å². The van der Waals surface area contributed by atoms with Crippen LogP contribution in [-0.2, 0) is 4.79 Å². The van der Waals surface area contributed by atoms with Gasteiger partial charge in [-0.15, -0.1) is 0 Å². The van der Waals surface area contributed by atoms with Crippen LogP contribution in [0.3, 0.4) is 0 Å². The van der Waals surface area contributed by atoms with E-state index in [0.717, 1.165) is 62.8 Å². The Morgan fingerprint density at radius 2 is 2.00 bits per heavy atom. The fourth-order valence-corrected chi connectivity index (χ4v) is 4.11. The molecule has 1 aromatic heterocycles. The number of carbonyl (C=O) groups is 1. The molecule has 6 nitrogen and oxygen atoms in total. The molecule has 6 heteroatoms. The summed E-state index contributed by atoms with van der Waals surface area (Å²) in [5, 5.41) is 4.15. The molecule has 1 aromatic carbocycles. The van der Waals surface area contributed by atoms with Gasteiger partial charge in [-0.05, 0) is 44.2 Å². The van der Waals surface area contributed by atoms with Gasteiger partial charge in [0, 0.05) is 18.0 Å². The van der Waals surface area contributed by atoms with E-state index in [0.29, 0.717) is 11.7 Å². The Hall–Kier alpha value is -2.37. The van der Waals surface area contributed by atoms with Crippen molar-refractivity contribution < 1.29 is 14.1 Å². The van der Waals surface area contributed by atoms with Crippen LogP contribution in [0.25, 0.3) is 11.4 Å². The minimum absolute atomic E-state index is 0.0938. The lowest BCUT2D eigenvalue weighted by molar-refractivity contribution is -0.140. The molecule has 1 amide bonds. The summed E-state index contributed by atoms with van der Waals surface area (Å²) in [4.78, 5) is 19.6. The third-order valence-corrected chi connectivity index (χ3v) is 5.55. The minimum Gasteiger partial charge on any atom is -0.497 e. The van der Waals surface area contributed by atoms with Gasteiger partial charge in [0.1, 0.15) is 11.8 Å². The van der Waals surface area contributed by atoms with Crippen LogP contribution in [0.4, 0.5) is 0 Å². The SMILES string of the molecule is COc1cccc(-c2noc([C@H]3CCCCN3C(=O)C3CCCC3)n2)c1. The van der Waals surface area contributed by atoms with E-state index in [-0.39, 0.29) is 17.9 Å². The van der Waals surface area contributed by atoms with Crippen LogP contribution in [0.2, 0.25) is 0 Å². The van der Waals surface area contributed by atoms with Crippen LogP contribution < -0.4 is 4.74 Å². The largest absolute Gasteiger partial charge is 0.497 e. The Morgan fingerprint density at radius 3 is 2.81 bits per heavy atom. The molecule has 4 rings (SSSR count). The zero-order chi connectivity index (χ0) is 17.9. The molecular weight excluding hydrogens is 330 g/mol. The van der Waals surface area contributed by atoms with Crippen molar-refractivity contribution in [2.24, 2.45) is 5.92 Å². The predicted molar refractivity (Wildman–Crippen MR) is 96.5 cm³/mol. The first kappa shape index (κ1) is 17.1. The summed E-state index contributed by atoms with van der Waals surface area (Å²) in [6.45, 7) is 0.789. The van der Waals surface area contributed by atoms with Gasteiger partial charge in [-0.3, -0.25) is 4.79 Å². The molecule has 26 heavy (non-hydrogen) atoms. The van der Waals surface area contributed by atoms with E-state index in [1.165, 1.54) is 0 Å². The summed E-state index contributed by atoms with van der Waals surface area (Å²) in [5.74, 6) is 2.29. The first-order chi connectivity index (χ1) is 12.8. The third kappa shape index (κ3) is 3.32. The van der Waals surface area contributed by atoms with Crippen LogP contribution in [0.1, 0.15) is 56.9 Å². The standard InChI is InChI=1S/C20H25N3O3/c1-25-16-10-6-9-15(13-16)18-21-19(26-22-18)17-11-4-5-12-23(17)20(24)14-7-2-3-8-14/h6,9-10,13-14,17H,2-5,7-8,11-12H2,1H3/t17-/m1/s1. The van der Waals surface area contributed by atoms with Gasteiger partial charge in [0.15, 0.2) is 0 Å². The van der Waals surface area contributed by atoms with E-state index in [4.69, 9.17) is 9.26 Å². The molecule has 1 saturated carbocycles. The van der Waals surface area contributed by atoms with Gasteiger partial charge in [0.25, 0.3) is 0 Å². The molecule has 2 aliphatic rings. The van der Waals surface area contributed by atoms with E-state index in [2.05, 4.69) is 10.1 Å². The number of aromatic nitrogens is 2. The van der Waals surface area contributed by atoms with E-state index < -0.39 is 0 Å². The first-order valence-corrected chi connectivity index (χ1v) is 9.55. The maximum absolute atomic E-state index is 13.0. The molecule has 2 heterocycles. The minimum atomic E-state index is -0.0938. The van der Waals surface area contributed by atoms with Crippen molar-refractivity contribution >= 4 is 5.91 Å². The van der Waals surface area contributed by atoms with Gasteiger partial charge in [-0.1, -0.05) is 30.1 Å². The second-order valence-electron chi connectivity index (χ2n) is 7.21. The van der Waals surface area contributed by atoms with Crippen molar-refractivity contribution in [3.05, 3.63) is 30.2 Å². The van der Waals surface area contributed by atoms with Gasteiger partial charge in [-0.25, -0.2) is 0 Å². The summed E-state index contributed by atoms with van der Waals surface area (Å²) < 4.78 is 10.8. The lowest BCUT2D eigenvalue weighted by Crippen LogP contribution is -2.41. The summed E-state index contributed by atoms with van der Waals surface area (Å²) in [7, 11) is 1.63. The summed E-state index contributed by atoms with van der Waals surface area (Å²) in [6.07, 6.45) is 7.37. The summed E-state index contributed by atoms with van der Waals surface area (Å²) >= 11 is 0. The summed E-state index contributed by atoms with van der Waals surface area (Å²) in [5.41, 5.74) is 0.851. The number of ether oxygens (including phenoxy) is 1. The van der Waals surface area contributed by atoms with Crippen LogP contribution in [-0.4, -0.2) is 34.6 Å². The average molecular weight is 355 g/mol. The van der Waals surface area contributed by atoms with Gasteiger partial charge >= 0.3 is 0 Å². The molecule has 2 aromatic rings. The van der Waals surface area contributed by atoms with E-state index >= 15 is 0 Å². The van der Waals surface area contributed by atoms with Gasteiger partial charge in [0.05, 0.1) is 7.11 Å². The topological polar surface area (TPSA) is 68.5 Å². The van der Waals surface area contributed by atoms with E-state index in [1.54, 1.807) is 7.11 Å². The highest BCUT2D eigenvalue weighted by atomic mass is 16.5. The van der Waals surface area contributed by atoms with Gasteiger partial charge < -0.3 is 14.2 Å². The Labute approximate surface area is 153 Å². The van der Waals surface area contributed by atoms with Crippen LogP contribution in [0.15, 0.2) is 28.8 Å². The highest BCUT2D eigenvalue weighted by Gasteiger charge is 2.36. The van der Waals surface area contributed by atoms with Crippen molar-refractivity contribution in [3.8, 4) is 17.1 Å². The molecule has 0 spiro atoms. The van der Waals surface area contributed by atoms with Crippen LogP contribution in [0.5, 0.6) is 5.75 Å². The molecule has 0 unspecified atom stereocenters. The number of piperidine rings is 1. The highest BCUT2D eigenvalue weighted by molar-refractivity contribution is 5.79. The maximum Gasteiger partial charge on any atom is 0.249 e. The smallest absolute Gasteiger partial charge is 0.249 e. The zero-order valence-electron chi connectivity index (χ0n) is 15.2. The first-order valence-electron chi connectivity index (χ1n) is 9.55. The fraction of sp³-hybridized carbons (Fsp3) is 0.550. The van der Waals surface area contributed by atoms with Crippen molar-refractivity contribution in [3.63, 3.8) is 0 Å². The Morgan fingerprint density at radius 1 is 1.19 bits per heavy atom. The van der Waals surface area contributed by atoms with Crippen molar-refractivity contribution in [1.29, 1.82) is 0 Å². The normalized spacial score (nSPS) is 21.1. The second kappa shape index (κ2) is 7.48. The molecule has 1 aliphatic carbocycles. The number of methoxy groups -OCH3 is 1. The van der Waals surface area contributed by atoms with Crippen molar-refractivity contribution in [2.75, 3.05) is 13.7 Å². The molecule has 0 radical (unpaired) electrons. The van der Waals surface area contributed by atoms with E-state index in [9.17, 15) is 4.79 Å². The Bertz CT molecular complexity index is 767. The van der Waals surface area contributed by atoms with Crippen LogP contribution in [0, 0.1) is 5.92 Å². The number of hydrogen-bond acceptors (Lipinski definition) is 5. The number of benzene rings is 1. The molecule has 1 atom stereocenters. The Balaban J connectivity index is 1.57. The number of amides is 1. The monoisotopic (exact) mass is 355 g/mol. The van der Waals surface area contributed by atoms with Crippen molar-refractivity contribution in [1.82, 2.24) is 15.0 Å². The number of hydrogen-bond donors (Lipinski definition) is 0. The molecule has 0 bridgehead atoms. The van der Waals surface area contributed by atoms with E-state index in [1.807, 2.05) is 29.2 Å². The predicted octanol–water partition coefficient (Wildman–Crippen LogP) is 3.99. The molecule has 138 valence electrons. The van der Waals surface area contributed by atoms with Gasteiger partial charge in [-0.2, -0.15) is 4.98 Å². The number of nitrogens with zero attached hydrogens (tertiary/aromatic N) is 3. The Kier molecular flexibility index (Phi) is 4.91. The average Bonchev–Trinajstić information content (AvgIpc) is 3.39. The second-order valence-corrected chi connectivity index (χ2v) is 7.21. The van der Waals surface area contributed by atoms with Crippen LogP contribution >= 0.6 is 0 Å². The number of carbonyl (C=O) groups excluding carboxylic acids is 1. The molecule has 1 aliphatic heterocycles. The quantitative estimate of drug-likeness (QED) is 0.829. The number of likely N-dealkylation sites (tertiary alicyclic amines) is 1. The number of rotatable bonds is 4. The molecule has 0 N–H and O–H groups in total. The molecule has 1 saturated heterocycles. The maximum atomic E-state index is 13.0. The zero-order valence-corrected chi connectivity index (χ0v) is 15.2. The molecule has 2 fully saturated rings. The highest BCUT2D eigenvalue weighted by Crippen LogP contribution is 2.35. The lowest BCUT2D eigenvalue weighted by Gasteiger charge is -2.35. The fourth-order valence-electron chi connectivity index (χ4n) is 4.11. The summed E-state index contributed by atoms with van der Waals surface area (Å²) in [6, 6.07) is 7.51. The lowest BCUT2D eigenvalue weighted by atomic mass is 9.98. The molecular formula is C20H25N3O3.